The molecule has 1 amide bonds. The second-order valence-electron chi connectivity index (χ2n) is 5.75. The normalized spacial score (nSPS) is 23.5. The minimum Gasteiger partial charge on any atom is -0.375 e. The maximum absolute atomic E-state index is 12.7. The fourth-order valence-electron chi connectivity index (χ4n) is 2.72. The fourth-order valence-corrected chi connectivity index (χ4v) is 2.72. The largest absolute Gasteiger partial charge is 0.416 e. The number of nitrogens with one attached hydrogen (secondary N) is 1. The first-order chi connectivity index (χ1) is 10.7. The number of benzene rings is 1. The Bertz CT molecular complexity index is 589. The molecule has 1 unspecified atom stereocenters. The number of anilines is 1. The third-order valence-electron chi connectivity index (χ3n) is 4.02. The van der Waals surface area contributed by atoms with Crippen LogP contribution in [0.1, 0.15) is 12.5 Å². The van der Waals surface area contributed by atoms with E-state index in [0.717, 1.165) is 12.1 Å². The summed E-state index contributed by atoms with van der Waals surface area (Å²) in [6.45, 7) is 6.22. The number of aliphatic hydroxyl groups is 1. The van der Waals surface area contributed by atoms with E-state index < -0.39 is 23.9 Å². The molecule has 1 aromatic carbocycles. The second-order valence-corrected chi connectivity index (χ2v) is 5.75. The topological polar surface area (TPSA) is 52.6 Å². The molecule has 0 saturated carbocycles. The molecule has 2 N–H and O–H groups in total. The van der Waals surface area contributed by atoms with Crippen LogP contribution in [0.2, 0.25) is 0 Å². The molecule has 2 rings (SSSR count). The van der Waals surface area contributed by atoms with Gasteiger partial charge in [0.1, 0.15) is 6.23 Å². The van der Waals surface area contributed by atoms with Crippen molar-refractivity contribution >= 4 is 11.6 Å². The Morgan fingerprint density at radius 2 is 2.17 bits per heavy atom. The van der Waals surface area contributed by atoms with Crippen LogP contribution in [-0.2, 0) is 11.0 Å². The van der Waals surface area contributed by atoms with Crippen molar-refractivity contribution in [1.29, 1.82) is 0 Å². The van der Waals surface area contributed by atoms with Gasteiger partial charge in [0.25, 0.3) is 0 Å². The lowest BCUT2D eigenvalue weighted by Crippen LogP contribution is -2.33. The number of aliphatic hydroxyl groups excluding tert-OH is 1. The molecule has 1 saturated heterocycles. The van der Waals surface area contributed by atoms with Crippen LogP contribution < -0.4 is 5.32 Å². The van der Waals surface area contributed by atoms with Crippen molar-refractivity contribution in [2.75, 3.05) is 18.4 Å². The summed E-state index contributed by atoms with van der Waals surface area (Å²) >= 11 is 0. The highest BCUT2D eigenvalue weighted by molar-refractivity contribution is 5.93. The molecule has 0 radical (unpaired) electrons. The maximum Gasteiger partial charge on any atom is 0.416 e. The van der Waals surface area contributed by atoms with E-state index in [1.165, 1.54) is 18.2 Å². The number of halogens is 3. The molecule has 23 heavy (non-hydrogen) atoms. The minimum atomic E-state index is -4.45. The van der Waals surface area contributed by atoms with Crippen LogP contribution in [0.25, 0.3) is 0 Å². The Morgan fingerprint density at radius 1 is 1.48 bits per heavy atom. The first-order valence-corrected chi connectivity index (χ1v) is 7.25. The van der Waals surface area contributed by atoms with Crippen molar-refractivity contribution in [2.45, 2.75) is 19.3 Å². The van der Waals surface area contributed by atoms with Gasteiger partial charge in [0.05, 0.1) is 11.5 Å². The predicted molar refractivity (Wildman–Crippen MR) is 80.5 cm³/mol. The fraction of sp³-hybridized carbons (Fsp3) is 0.438. The highest BCUT2D eigenvalue weighted by Gasteiger charge is 2.37. The van der Waals surface area contributed by atoms with Gasteiger partial charge in [0, 0.05) is 18.8 Å². The van der Waals surface area contributed by atoms with Crippen molar-refractivity contribution in [3.63, 3.8) is 0 Å². The molecule has 7 heteroatoms. The Balaban J connectivity index is 2.06. The third kappa shape index (κ3) is 4.11. The Labute approximate surface area is 132 Å². The molecule has 126 valence electrons. The monoisotopic (exact) mass is 328 g/mol. The number of rotatable bonds is 4. The summed E-state index contributed by atoms with van der Waals surface area (Å²) in [7, 11) is 0. The van der Waals surface area contributed by atoms with Crippen LogP contribution >= 0.6 is 0 Å². The smallest absolute Gasteiger partial charge is 0.375 e. The molecule has 1 heterocycles. The van der Waals surface area contributed by atoms with Crippen LogP contribution in [0.4, 0.5) is 18.9 Å². The molecule has 0 bridgehead atoms. The number of likely N-dealkylation sites (tertiary alicyclic amines) is 1. The van der Waals surface area contributed by atoms with Crippen LogP contribution in [0.5, 0.6) is 0 Å². The first kappa shape index (κ1) is 17.5. The molecule has 0 spiro atoms. The van der Waals surface area contributed by atoms with Crippen LogP contribution in [-0.4, -0.2) is 35.2 Å². The van der Waals surface area contributed by atoms with Gasteiger partial charge in [-0.2, -0.15) is 13.2 Å². The number of amides is 1. The van der Waals surface area contributed by atoms with Gasteiger partial charge in [-0.05, 0) is 30.2 Å². The molecule has 4 nitrogen and oxygen atoms in total. The van der Waals surface area contributed by atoms with Crippen molar-refractivity contribution in [3.05, 3.63) is 42.5 Å². The zero-order valence-electron chi connectivity index (χ0n) is 12.7. The van der Waals surface area contributed by atoms with Crippen LogP contribution in [0, 0.1) is 11.8 Å². The van der Waals surface area contributed by atoms with Crippen molar-refractivity contribution < 1.29 is 23.1 Å². The number of hydrogen-bond acceptors (Lipinski definition) is 3. The highest BCUT2D eigenvalue weighted by Crippen LogP contribution is 2.31. The van der Waals surface area contributed by atoms with Gasteiger partial charge >= 0.3 is 6.18 Å². The lowest BCUT2D eigenvalue weighted by atomic mass is 9.97. The molecule has 3 atom stereocenters. The van der Waals surface area contributed by atoms with E-state index >= 15 is 0 Å². The van der Waals surface area contributed by atoms with E-state index in [1.54, 1.807) is 4.90 Å². The van der Waals surface area contributed by atoms with Crippen molar-refractivity contribution in [1.82, 2.24) is 4.90 Å². The van der Waals surface area contributed by atoms with Gasteiger partial charge in [-0.1, -0.05) is 19.6 Å². The summed E-state index contributed by atoms with van der Waals surface area (Å²) in [4.78, 5) is 14.0. The van der Waals surface area contributed by atoms with Gasteiger partial charge in [-0.3, -0.25) is 9.69 Å². The number of nitrogens with zero attached hydrogens (tertiary/aromatic N) is 1. The molecule has 0 aromatic heterocycles. The first-order valence-electron chi connectivity index (χ1n) is 7.25. The molecule has 1 aliphatic heterocycles. The van der Waals surface area contributed by atoms with Crippen LogP contribution in [0.15, 0.2) is 36.9 Å². The van der Waals surface area contributed by atoms with Gasteiger partial charge in [-0.25, -0.2) is 0 Å². The van der Waals surface area contributed by atoms with Crippen molar-refractivity contribution in [2.24, 2.45) is 11.8 Å². The Hall–Kier alpha value is -1.86. The number of hydrogen-bond donors (Lipinski definition) is 2. The van der Waals surface area contributed by atoms with Gasteiger partial charge in [0.2, 0.25) is 5.91 Å². The molecular weight excluding hydrogens is 309 g/mol. The number of carbonyl (C=O) groups excluding carboxylic acids is 1. The van der Waals surface area contributed by atoms with E-state index in [0.29, 0.717) is 13.1 Å². The van der Waals surface area contributed by atoms with Crippen molar-refractivity contribution in [3.8, 4) is 0 Å². The number of alkyl halides is 3. The third-order valence-corrected chi connectivity index (χ3v) is 4.02. The van der Waals surface area contributed by atoms with E-state index in [1.807, 2.05) is 6.92 Å². The summed E-state index contributed by atoms with van der Waals surface area (Å²) in [5.74, 6) is -0.773. The van der Waals surface area contributed by atoms with E-state index in [4.69, 9.17) is 0 Å². The Morgan fingerprint density at radius 3 is 2.78 bits per heavy atom. The summed E-state index contributed by atoms with van der Waals surface area (Å²) in [6, 6.07) is 4.54. The second kappa shape index (κ2) is 6.72. The minimum absolute atomic E-state index is 0.0181. The van der Waals surface area contributed by atoms with Crippen LogP contribution in [0.3, 0.4) is 0 Å². The van der Waals surface area contributed by atoms with Gasteiger partial charge in [-0.15, -0.1) is 0 Å². The summed E-state index contributed by atoms with van der Waals surface area (Å²) in [5.41, 5.74) is -0.696. The SMILES string of the molecule is C=CC(O)N1C[C@@H](C)[C@H](C(=O)Nc2cccc(C(F)(F)F)c2)C1. The standard InChI is InChI=1S/C16H19F3N2O2/c1-3-14(22)21-8-10(2)13(9-21)15(23)20-12-6-4-5-11(7-12)16(17,18)19/h3-7,10,13-14,22H,1,8-9H2,2H3,(H,20,23)/t10-,13-,14?/m1/s1. The molecular formula is C16H19F3N2O2. The molecule has 0 aliphatic carbocycles. The van der Waals surface area contributed by atoms with E-state index in [2.05, 4.69) is 11.9 Å². The molecule has 1 fully saturated rings. The molecule has 1 aromatic rings. The maximum atomic E-state index is 12.7. The lowest BCUT2D eigenvalue weighted by molar-refractivity contribution is -0.137. The van der Waals surface area contributed by atoms with E-state index in [9.17, 15) is 23.1 Å². The highest BCUT2D eigenvalue weighted by atomic mass is 19.4. The summed E-state index contributed by atoms with van der Waals surface area (Å²) in [5, 5.41) is 12.3. The average molecular weight is 328 g/mol. The summed E-state index contributed by atoms with van der Waals surface area (Å²) < 4.78 is 38.1. The van der Waals surface area contributed by atoms with Gasteiger partial charge < -0.3 is 10.4 Å². The number of carbonyl (C=O) groups is 1. The Kier molecular flexibility index (Phi) is 5.11. The van der Waals surface area contributed by atoms with Gasteiger partial charge in [0.15, 0.2) is 0 Å². The lowest BCUT2D eigenvalue weighted by Gasteiger charge is -2.19. The van der Waals surface area contributed by atoms with E-state index in [-0.39, 0.29) is 17.5 Å². The quantitative estimate of drug-likeness (QED) is 0.836. The predicted octanol–water partition coefficient (Wildman–Crippen LogP) is 2.72. The summed E-state index contributed by atoms with van der Waals surface area (Å²) in [6.07, 6.45) is -3.91. The molecule has 1 aliphatic rings. The average Bonchev–Trinajstić information content (AvgIpc) is 2.88. The zero-order valence-corrected chi connectivity index (χ0v) is 12.7. The zero-order chi connectivity index (χ0) is 17.2.